The highest BCUT2D eigenvalue weighted by Crippen LogP contribution is 2.34. The first-order valence-electron chi connectivity index (χ1n) is 11.1. The number of likely N-dealkylation sites (N-methyl/N-ethyl adjacent to an activating group) is 1. The Kier molecular flexibility index (Phi) is 10.7. The van der Waals surface area contributed by atoms with Gasteiger partial charge < -0.3 is 20.0 Å². The number of hydrogen-bond acceptors (Lipinski definition) is 3. The summed E-state index contributed by atoms with van der Waals surface area (Å²) in [6, 6.07) is 11.1. The Morgan fingerprint density at radius 3 is 2.62 bits per heavy atom. The fourth-order valence-corrected chi connectivity index (χ4v) is 4.76. The van der Waals surface area contributed by atoms with Crippen molar-refractivity contribution in [2.24, 2.45) is 10.9 Å². The number of rotatable bonds is 5. The van der Waals surface area contributed by atoms with E-state index in [0.29, 0.717) is 11.8 Å². The summed E-state index contributed by atoms with van der Waals surface area (Å²) < 4.78 is 0. The summed E-state index contributed by atoms with van der Waals surface area (Å²) in [5, 5.41) is 3.64. The van der Waals surface area contributed by atoms with Crippen LogP contribution in [0, 0.1) is 5.92 Å². The molecule has 2 fully saturated rings. The van der Waals surface area contributed by atoms with E-state index in [-0.39, 0.29) is 24.0 Å². The molecule has 0 aliphatic carbocycles. The first kappa shape index (κ1) is 24.4. The van der Waals surface area contributed by atoms with Crippen LogP contribution in [0.5, 0.6) is 0 Å². The van der Waals surface area contributed by atoms with E-state index < -0.39 is 0 Å². The van der Waals surface area contributed by atoms with E-state index in [1.165, 1.54) is 51.0 Å². The molecule has 3 rings (SSSR count). The van der Waals surface area contributed by atoms with E-state index in [9.17, 15) is 0 Å². The van der Waals surface area contributed by atoms with Gasteiger partial charge in [-0.05, 0) is 50.4 Å². The van der Waals surface area contributed by atoms with E-state index in [2.05, 4.69) is 69.3 Å². The lowest BCUT2D eigenvalue weighted by Crippen LogP contribution is -2.49. The minimum atomic E-state index is 0. The zero-order valence-electron chi connectivity index (χ0n) is 18.5. The van der Waals surface area contributed by atoms with Gasteiger partial charge in [0.25, 0.3) is 0 Å². The van der Waals surface area contributed by atoms with Crippen LogP contribution < -0.4 is 5.32 Å². The highest BCUT2D eigenvalue weighted by molar-refractivity contribution is 14.0. The van der Waals surface area contributed by atoms with E-state index >= 15 is 0 Å². The van der Waals surface area contributed by atoms with Crippen molar-refractivity contribution >= 4 is 29.9 Å². The summed E-state index contributed by atoms with van der Waals surface area (Å²) in [6.45, 7) is 11.4. The lowest BCUT2D eigenvalue weighted by Gasteiger charge is -2.40. The quantitative estimate of drug-likeness (QED) is 0.372. The van der Waals surface area contributed by atoms with Crippen LogP contribution in [0.4, 0.5) is 0 Å². The molecule has 0 spiro atoms. The fourth-order valence-electron chi connectivity index (χ4n) is 4.76. The minimum absolute atomic E-state index is 0. The smallest absolute Gasteiger partial charge is 0.193 e. The first-order valence-corrected chi connectivity index (χ1v) is 11.1. The normalized spacial score (nSPS) is 24.7. The first-order chi connectivity index (χ1) is 13.7. The number of likely N-dealkylation sites (tertiary alicyclic amines) is 1. The van der Waals surface area contributed by atoms with Crippen molar-refractivity contribution in [3.05, 3.63) is 35.9 Å². The average Bonchev–Trinajstić information content (AvgIpc) is 2.95. The highest BCUT2D eigenvalue weighted by Gasteiger charge is 2.30. The number of aliphatic imine (C=N–C) groups is 1. The van der Waals surface area contributed by atoms with E-state index in [1.54, 1.807) is 0 Å². The third-order valence-corrected chi connectivity index (χ3v) is 6.52. The molecule has 1 aromatic rings. The van der Waals surface area contributed by atoms with Gasteiger partial charge in [-0.2, -0.15) is 0 Å². The Balaban J connectivity index is 0.00000300. The Hall–Kier alpha value is -0.860. The summed E-state index contributed by atoms with van der Waals surface area (Å²) >= 11 is 0. The topological polar surface area (TPSA) is 34.1 Å². The number of nitrogens with zero attached hydrogens (tertiary/aromatic N) is 4. The molecule has 0 aromatic heterocycles. The number of piperidine rings is 1. The molecule has 0 saturated carbocycles. The van der Waals surface area contributed by atoms with Gasteiger partial charge in [0.1, 0.15) is 0 Å². The maximum absolute atomic E-state index is 4.60. The van der Waals surface area contributed by atoms with Crippen molar-refractivity contribution in [3.8, 4) is 0 Å². The second kappa shape index (κ2) is 12.7. The molecule has 164 valence electrons. The molecule has 0 radical (unpaired) electrons. The van der Waals surface area contributed by atoms with Gasteiger partial charge in [-0.3, -0.25) is 4.99 Å². The van der Waals surface area contributed by atoms with Gasteiger partial charge in [-0.15, -0.1) is 24.0 Å². The lowest BCUT2D eigenvalue weighted by atomic mass is 9.79. The zero-order valence-corrected chi connectivity index (χ0v) is 20.8. The van der Waals surface area contributed by atoms with Crippen LogP contribution in [-0.4, -0.2) is 87.1 Å². The zero-order chi connectivity index (χ0) is 19.8. The predicted octanol–water partition coefficient (Wildman–Crippen LogP) is 3.33. The third kappa shape index (κ3) is 7.10. The van der Waals surface area contributed by atoms with Crippen molar-refractivity contribution in [2.75, 3.05) is 66.5 Å². The molecule has 2 aliphatic heterocycles. The Morgan fingerprint density at radius 1 is 1.10 bits per heavy atom. The van der Waals surface area contributed by atoms with Crippen molar-refractivity contribution in [1.82, 2.24) is 20.0 Å². The third-order valence-electron chi connectivity index (χ3n) is 6.52. The van der Waals surface area contributed by atoms with Gasteiger partial charge in [-0.25, -0.2) is 0 Å². The van der Waals surface area contributed by atoms with Crippen molar-refractivity contribution in [3.63, 3.8) is 0 Å². The van der Waals surface area contributed by atoms with Crippen LogP contribution in [-0.2, 0) is 0 Å². The molecule has 2 atom stereocenters. The summed E-state index contributed by atoms with van der Waals surface area (Å²) in [6.07, 6.45) is 3.70. The molecule has 2 aliphatic rings. The maximum atomic E-state index is 4.60. The average molecular weight is 514 g/mol. The Labute approximate surface area is 194 Å². The molecule has 2 heterocycles. The highest BCUT2D eigenvalue weighted by atomic mass is 127. The number of nitrogens with one attached hydrogen (secondary N) is 1. The number of hydrogen-bond donors (Lipinski definition) is 1. The van der Waals surface area contributed by atoms with Crippen LogP contribution in [0.25, 0.3) is 0 Å². The molecule has 1 N–H and O–H groups in total. The van der Waals surface area contributed by atoms with Gasteiger partial charge in [0, 0.05) is 46.3 Å². The maximum Gasteiger partial charge on any atom is 0.193 e. The van der Waals surface area contributed by atoms with E-state index in [1.807, 2.05) is 7.05 Å². The lowest BCUT2D eigenvalue weighted by molar-refractivity contribution is 0.214. The summed E-state index contributed by atoms with van der Waals surface area (Å²) in [5.74, 6) is 2.45. The SMILES string of the molecule is CCC1CN(C(=NC)NCCN2CCCN(C)CC2)CCC1c1ccccc1.I. The standard InChI is InChI=1S/C23H39N5.HI/c1-4-20-19-28(15-11-22(20)21-9-6-5-7-10-21)23(24-2)25-12-16-27-14-8-13-26(3)17-18-27;/h5-7,9-10,20,22H,4,8,11-19H2,1-3H3,(H,24,25);1H. The molecule has 5 nitrogen and oxygen atoms in total. The molecule has 0 bridgehead atoms. The van der Waals surface area contributed by atoms with Crippen molar-refractivity contribution in [1.29, 1.82) is 0 Å². The van der Waals surface area contributed by atoms with Crippen LogP contribution in [0.3, 0.4) is 0 Å². The number of benzene rings is 1. The molecule has 0 amide bonds. The van der Waals surface area contributed by atoms with Gasteiger partial charge >= 0.3 is 0 Å². The van der Waals surface area contributed by atoms with Crippen molar-refractivity contribution in [2.45, 2.75) is 32.1 Å². The number of guanidine groups is 1. The van der Waals surface area contributed by atoms with Crippen LogP contribution in [0.15, 0.2) is 35.3 Å². The molecule has 2 saturated heterocycles. The second-order valence-corrected chi connectivity index (χ2v) is 8.39. The molecular weight excluding hydrogens is 473 g/mol. The summed E-state index contributed by atoms with van der Waals surface area (Å²) in [5.41, 5.74) is 1.50. The van der Waals surface area contributed by atoms with Gasteiger partial charge in [0.2, 0.25) is 0 Å². The second-order valence-electron chi connectivity index (χ2n) is 8.39. The molecule has 1 aromatic carbocycles. The Morgan fingerprint density at radius 2 is 1.90 bits per heavy atom. The van der Waals surface area contributed by atoms with E-state index in [4.69, 9.17) is 0 Å². The van der Waals surface area contributed by atoms with Gasteiger partial charge in [-0.1, -0.05) is 43.7 Å². The fraction of sp³-hybridized carbons (Fsp3) is 0.696. The van der Waals surface area contributed by atoms with Gasteiger partial charge in [0.15, 0.2) is 5.96 Å². The van der Waals surface area contributed by atoms with Gasteiger partial charge in [0.05, 0.1) is 0 Å². The monoisotopic (exact) mass is 513 g/mol. The van der Waals surface area contributed by atoms with E-state index in [0.717, 1.165) is 32.1 Å². The molecular formula is C23H40IN5. The molecule has 6 heteroatoms. The van der Waals surface area contributed by atoms with Crippen LogP contribution in [0.2, 0.25) is 0 Å². The minimum Gasteiger partial charge on any atom is -0.355 e. The van der Waals surface area contributed by atoms with Crippen molar-refractivity contribution < 1.29 is 0 Å². The van der Waals surface area contributed by atoms with Crippen LogP contribution >= 0.6 is 24.0 Å². The largest absolute Gasteiger partial charge is 0.355 e. The Bertz CT molecular complexity index is 609. The molecule has 2 unspecified atom stereocenters. The summed E-state index contributed by atoms with van der Waals surface area (Å²) in [4.78, 5) is 12.1. The summed E-state index contributed by atoms with van der Waals surface area (Å²) in [7, 11) is 4.15. The number of halogens is 1. The molecule has 29 heavy (non-hydrogen) atoms. The van der Waals surface area contributed by atoms with Crippen LogP contribution in [0.1, 0.15) is 37.7 Å². The predicted molar refractivity (Wildman–Crippen MR) is 134 cm³/mol.